The summed E-state index contributed by atoms with van der Waals surface area (Å²) in [5.41, 5.74) is -0.0404. The van der Waals surface area contributed by atoms with E-state index in [2.05, 4.69) is 27.7 Å². The van der Waals surface area contributed by atoms with E-state index in [4.69, 9.17) is 0 Å². The fourth-order valence-corrected chi connectivity index (χ4v) is 20.1. The quantitative estimate of drug-likeness (QED) is 0.281. The fourth-order valence-electron chi connectivity index (χ4n) is 4.05. The zero-order chi connectivity index (χ0) is 18.9. The van der Waals surface area contributed by atoms with Gasteiger partial charge < -0.3 is 0 Å². The molecular formula is C19H15KO4UV. The van der Waals surface area contributed by atoms with Crippen LogP contribution in [-0.4, -0.2) is 46.8 Å². The van der Waals surface area contributed by atoms with Gasteiger partial charge in [-0.25, -0.2) is 0 Å². The van der Waals surface area contributed by atoms with Crippen molar-refractivity contribution in [2.24, 2.45) is 11.8 Å². The molecule has 0 aromatic heterocycles. The van der Waals surface area contributed by atoms with Gasteiger partial charge in [-0.15, -0.1) is 0 Å². The predicted octanol–water partition coefficient (Wildman–Crippen LogP) is -2.10. The fraction of sp³-hybridized carbons (Fsp3) is 0.316. The summed E-state index contributed by atoms with van der Waals surface area (Å²) in [4.78, 5) is 51.6. The van der Waals surface area contributed by atoms with E-state index in [9.17, 15) is 19.2 Å². The van der Waals surface area contributed by atoms with Crippen molar-refractivity contribution >= 4 is 56.8 Å². The molecule has 0 amide bonds. The number of rotatable bonds is 2. The van der Waals surface area contributed by atoms with Crippen LogP contribution >= 0.6 is 0 Å². The third-order valence-corrected chi connectivity index (χ3v) is 23.3. The van der Waals surface area contributed by atoms with Gasteiger partial charge in [-0.3, -0.25) is 0 Å². The van der Waals surface area contributed by atoms with Crippen molar-refractivity contribution < 1.29 is 43.1 Å². The van der Waals surface area contributed by atoms with Crippen molar-refractivity contribution in [2.75, 3.05) is 0 Å². The summed E-state index contributed by atoms with van der Waals surface area (Å²) in [5.74, 6) is 0.581. The Bertz CT molecular complexity index is 1250. The van der Waals surface area contributed by atoms with Crippen LogP contribution in [0.3, 0.4) is 0 Å². The summed E-state index contributed by atoms with van der Waals surface area (Å²) in [6.07, 6.45) is 1.90. The summed E-state index contributed by atoms with van der Waals surface area (Å²) < 4.78 is 4.46. The third kappa shape index (κ3) is 2.96. The van der Waals surface area contributed by atoms with Crippen LogP contribution in [-0.2, 0) is 15.8 Å². The van der Waals surface area contributed by atoms with Crippen molar-refractivity contribution in [3.05, 3.63) is 48.3 Å². The van der Waals surface area contributed by atoms with Crippen LogP contribution < -0.4 is 30.9 Å². The first-order valence-electron chi connectivity index (χ1n) is 8.98. The van der Waals surface area contributed by atoms with Crippen LogP contribution in [0.4, 0.5) is 0 Å². The number of benzene rings is 2. The molecule has 0 saturated carbocycles. The van der Waals surface area contributed by atoms with Gasteiger partial charge in [0.1, 0.15) is 0 Å². The molecule has 4 nitrogen and oxygen atoms in total. The van der Waals surface area contributed by atoms with Gasteiger partial charge >= 0.3 is 199 Å². The van der Waals surface area contributed by atoms with E-state index in [0.29, 0.717) is 17.2 Å². The van der Waals surface area contributed by atoms with Crippen molar-refractivity contribution in [1.82, 2.24) is 0 Å². The molecule has 4 aliphatic rings. The molecule has 4 radical (unpaired) electrons. The molecule has 2 aliphatic heterocycles. The van der Waals surface area contributed by atoms with Crippen LogP contribution in [0.1, 0.15) is 27.7 Å². The van der Waals surface area contributed by atoms with Gasteiger partial charge in [0.05, 0.1) is 0 Å². The number of hydrogen-bond acceptors (Lipinski definition) is 4. The van der Waals surface area contributed by atoms with Gasteiger partial charge in [0.2, 0.25) is 0 Å². The molecule has 0 bridgehead atoms. The molecule has 0 saturated heterocycles. The molecule has 0 unspecified atom stereocenters. The van der Waals surface area contributed by atoms with Crippen LogP contribution in [0.15, 0.2) is 19.2 Å². The second-order valence-electron chi connectivity index (χ2n) is 7.90. The standard InChI is InChI=1S/C15H8O4.C4H7.K.U.V/c1-8(2)3-4-10-11-7-13(17)12(16)5-9(11)6-14(18)15(10)19;1-4(2)3;;;/h4,8H,1-2H3;4H,1-2H3;;;. The average molecular weight is 635 g/mol. The van der Waals surface area contributed by atoms with E-state index in [1.54, 1.807) is 0 Å². The van der Waals surface area contributed by atoms with Crippen LogP contribution in [0.25, 0.3) is 17.2 Å². The van der Waals surface area contributed by atoms with E-state index in [0.717, 1.165) is 10.7 Å². The molecule has 0 aromatic carbocycles. The summed E-state index contributed by atoms with van der Waals surface area (Å²) >= 11 is -4.13. The van der Waals surface area contributed by atoms with Crippen LogP contribution in [0.5, 0.6) is 0 Å². The van der Waals surface area contributed by atoms with Crippen molar-refractivity contribution in [1.29, 1.82) is 0 Å². The molecule has 7 heteroatoms. The molecule has 0 atom stereocenters. The average Bonchev–Trinajstić information content (AvgIpc) is 2.61. The van der Waals surface area contributed by atoms with Crippen molar-refractivity contribution in [3.8, 4) is 11.1 Å². The zero-order valence-corrected chi connectivity index (χ0v) is 24.0. The Hall–Kier alpha value is 0.783. The Labute approximate surface area is 195 Å². The normalized spacial score (nSPS) is 14.7. The first kappa shape index (κ1) is 20.1. The van der Waals surface area contributed by atoms with E-state index < -0.39 is 94.5 Å². The van der Waals surface area contributed by atoms with Crippen molar-refractivity contribution in [3.63, 3.8) is 0 Å². The topological polar surface area (TPSA) is 68.3 Å². The maximum atomic E-state index is 12.9. The first-order valence-corrected chi connectivity index (χ1v) is 17.7. The van der Waals surface area contributed by atoms with Gasteiger partial charge in [-0.05, 0) is 0 Å². The molecule has 0 fully saturated rings. The van der Waals surface area contributed by atoms with Gasteiger partial charge in [-0.2, -0.15) is 0 Å². The van der Waals surface area contributed by atoms with Gasteiger partial charge in [0.15, 0.2) is 0 Å². The second-order valence-corrected chi connectivity index (χ2v) is 22.0. The molecule has 26 heavy (non-hydrogen) atoms. The van der Waals surface area contributed by atoms with E-state index in [1.807, 2.05) is 6.08 Å². The molecule has 4 rings (SSSR count). The minimum atomic E-state index is -1.92. The molecule has 2 aliphatic carbocycles. The molecular weight excluding hydrogens is 620 g/mol. The Morgan fingerprint density at radius 2 is 1.58 bits per heavy atom. The third-order valence-electron chi connectivity index (χ3n) is 5.67. The van der Waals surface area contributed by atoms with Crippen molar-refractivity contribution in [2.45, 2.75) is 27.7 Å². The summed E-state index contributed by atoms with van der Waals surface area (Å²) in [5, 5.41) is 0.413. The molecule has 125 valence electrons. The van der Waals surface area contributed by atoms with Gasteiger partial charge in [-0.1, -0.05) is 0 Å². The Kier molecular flexibility index (Phi) is 5.59. The van der Waals surface area contributed by atoms with Crippen LogP contribution in [0.2, 0.25) is 0 Å². The predicted molar refractivity (Wildman–Crippen MR) is 98.2 cm³/mol. The maximum absolute atomic E-state index is 12.9. The monoisotopic (exact) mass is 635 g/mol. The molecule has 0 N–H and O–H groups in total. The molecule has 2 heterocycles. The Morgan fingerprint density at radius 3 is 2.19 bits per heavy atom. The van der Waals surface area contributed by atoms with E-state index >= 15 is 0 Å². The molecule has 0 spiro atoms. The Balaban J connectivity index is 2.36. The second kappa shape index (κ2) is 7.24. The summed E-state index contributed by atoms with van der Waals surface area (Å²) in [7, 11) is 0. The SMILES string of the molecule is CC(C)[C]1=[K][c]2c3c(c(=O)c(=O)[c]4c-3[c](c(=O)c2=O)[V]=[C](C(C)C)[U]=4)=C1. The van der Waals surface area contributed by atoms with E-state index in [-0.39, 0.29) is 22.2 Å². The van der Waals surface area contributed by atoms with Crippen LogP contribution in [0, 0.1) is 41.2 Å². The summed E-state index contributed by atoms with van der Waals surface area (Å²) in [6, 6.07) is 0. The van der Waals surface area contributed by atoms with Gasteiger partial charge in [0.25, 0.3) is 0 Å². The van der Waals surface area contributed by atoms with E-state index in [1.165, 1.54) is 1.26 Å². The number of hydrogen-bond donors (Lipinski definition) is 0. The van der Waals surface area contributed by atoms with Gasteiger partial charge in [0, 0.05) is 0 Å². The zero-order valence-electron chi connectivity index (χ0n) is 15.3. The minimum absolute atomic E-state index is 0.251. The Morgan fingerprint density at radius 1 is 0.885 bits per heavy atom. The summed E-state index contributed by atoms with van der Waals surface area (Å²) in [6.45, 7) is 8.29. The molecule has 0 aromatic rings. The first-order chi connectivity index (χ1) is 12.2.